The van der Waals surface area contributed by atoms with E-state index in [4.69, 9.17) is 10.2 Å². The normalized spacial score (nSPS) is 11.5. The molecule has 0 aliphatic heterocycles. The first-order valence-electron chi connectivity index (χ1n) is 3.12. The number of esters is 1. The molecule has 0 fully saturated rings. The van der Waals surface area contributed by atoms with Gasteiger partial charge in [-0.15, -0.1) is 17.0 Å². The van der Waals surface area contributed by atoms with Crippen molar-refractivity contribution in [3.8, 4) is 0 Å². The maximum atomic E-state index is 10.8. The Labute approximate surface area is 80.4 Å². The van der Waals surface area contributed by atoms with Crippen LogP contribution in [0.3, 0.4) is 0 Å². The van der Waals surface area contributed by atoms with Crippen LogP contribution in [0.15, 0.2) is 22.8 Å². The van der Waals surface area contributed by atoms with E-state index in [9.17, 15) is 4.79 Å². The molecule has 0 bridgehead atoms. The van der Waals surface area contributed by atoms with Gasteiger partial charge in [-0.05, 0) is 12.1 Å². The van der Waals surface area contributed by atoms with E-state index in [1.54, 1.807) is 12.1 Å². The van der Waals surface area contributed by atoms with E-state index in [1.807, 2.05) is 0 Å². The molecule has 68 valence electrons. The number of methoxy groups -OCH3 is 1. The number of carbonyl (C=O) groups excluding carboxylic acids is 1. The van der Waals surface area contributed by atoms with Gasteiger partial charge in [0.05, 0.1) is 13.4 Å². The standard InChI is InChI=1S/C7H9NO3.BrH/c1-10-7(9)6(8)5-3-2-4-11-5;/h2-4,6H,8H2,1H3;1H. The van der Waals surface area contributed by atoms with Gasteiger partial charge in [-0.25, -0.2) is 4.79 Å². The molecule has 0 amide bonds. The number of halogens is 1. The number of furan rings is 1. The van der Waals surface area contributed by atoms with E-state index in [0.717, 1.165) is 0 Å². The monoisotopic (exact) mass is 235 g/mol. The molecule has 1 atom stereocenters. The molecule has 5 heteroatoms. The Balaban J connectivity index is 0.00000121. The maximum Gasteiger partial charge on any atom is 0.330 e. The summed E-state index contributed by atoms with van der Waals surface area (Å²) in [7, 11) is 1.28. The van der Waals surface area contributed by atoms with E-state index >= 15 is 0 Å². The van der Waals surface area contributed by atoms with Crippen LogP contribution in [0.4, 0.5) is 0 Å². The lowest BCUT2D eigenvalue weighted by molar-refractivity contribution is -0.142. The van der Waals surface area contributed by atoms with Crippen molar-refractivity contribution in [3.63, 3.8) is 0 Å². The van der Waals surface area contributed by atoms with E-state index in [2.05, 4.69) is 4.74 Å². The number of ether oxygens (including phenoxy) is 1. The third kappa shape index (κ3) is 2.35. The third-order valence-electron chi connectivity index (χ3n) is 1.30. The van der Waals surface area contributed by atoms with Gasteiger partial charge in [-0.1, -0.05) is 0 Å². The molecule has 4 nitrogen and oxygen atoms in total. The Morgan fingerprint density at radius 2 is 2.42 bits per heavy atom. The zero-order chi connectivity index (χ0) is 8.27. The largest absolute Gasteiger partial charge is 0.468 e. The molecule has 0 saturated heterocycles. The fourth-order valence-corrected chi connectivity index (χ4v) is 0.711. The van der Waals surface area contributed by atoms with Crippen molar-refractivity contribution in [1.29, 1.82) is 0 Å². The molecule has 0 aliphatic carbocycles. The SMILES string of the molecule is Br.COC(=O)C(N)c1ccco1. The quantitative estimate of drug-likeness (QED) is 0.779. The summed E-state index contributed by atoms with van der Waals surface area (Å²) < 4.78 is 9.30. The molecule has 0 aromatic carbocycles. The zero-order valence-electron chi connectivity index (χ0n) is 6.52. The average molecular weight is 236 g/mol. The summed E-state index contributed by atoms with van der Waals surface area (Å²) in [5.41, 5.74) is 5.43. The molecule has 1 heterocycles. The van der Waals surface area contributed by atoms with Crippen molar-refractivity contribution in [3.05, 3.63) is 24.2 Å². The van der Waals surface area contributed by atoms with Gasteiger partial charge >= 0.3 is 5.97 Å². The van der Waals surface area contributed by atoms with E-state index in [1.165, 1.54) is 13.4 Å². The van der Waals surface area contributed by atoms with Crippen LogP contribution in [0.2, 0.25) is 0 Å². The maximum absolute atomic E-state index is 10.8. The van der Waals surface area contributed by atoms with Crippen LogP contribution in [-0.4, -0.2) is 13.1 Å². The predicted molar refractivity (Wildman–Crippen MR) is 48.0 cm³/mol. The lowest BCUT2D eigenvalue weighted by Crippen LogP contribution is -2.21. The Kier molecular flexibility index (Phi) is 4.61. The number of nitrogens with two attached hydrogens (primary N) is 1. The number of hydrogen-bond donors (Lipinski definition) is 1. The highest BCUT2D eigenvalue weighted by Gasteiger charge is 2.17. The highest BCUT2D eigenvalue weighted by molar-refractivity contribution is 8.93. The molecule has 0 saturated carbocycles. The first-order valence-corrected chi connectivity index (χ1v) is 3.12. The fourth-order valence-electron chi connectivity index (χ4n) is 0.711. The van der Waals surface area contributed by atoms with Crippen molar-refractivity contribution >= 4 is 23.0 Å². The van der Waals surface area contributed by atoms with Crippen molar-refractivity contribution in [2.45, 2.75) is 6.04 Å². The summed E-state index contributed by atoms with van der Waals surface area (Å²) in [6.45, 7) is 0. The fraction of sp³-hybridized carbons (Fsp3) is 0.286. The van der Waals surface area contributed by atoms with E-state index in [-0.39, 0.29) is 17.0 Å². The Morgan fingerprint density at radius 3 is 2.83 bits per heavy atom. The summed E-state index contributed by atoms with van der Waals surface area (Å²) in [6.07, 6.45) is 1.46. The van der Waals surface area contributed by atoms with Gasteiger partial charge in [0.25, 0.3) is 0 Å². The first-order chi connectivity index (χ1) is 5.25. The molecule has 0 spiro atoms. The molecular formula is C7H10BrNO3. The second-order valence-corrected chi connectivity index (χ2v) is 2.02. The lowest BCUT2D eigenvalue weighted by atomic mass is 10.2. The zero-order valence-corrected chi connectivity index (χ0v) is 8.23. The number of rotatable bonds is 2. The Bertz CT molecular complexity index is 235. The predicted octanol–water partition coefficient (Wildman–Crippen LogP) is 1.03. The molecule has 1 aromatic heterocycles. The highest BCUT2D eigenvalue weighted by atomic mass is 79.9. The molecule has 1 aromatic rings. The average Bonchev–Trinajstić information content (AvgIpc) is 2.53. The van der Waals surface area contributed by atoms with Gasteiger partial charge in [0.15, 0.2) is 6.04 Å². The molecule has 0 radical (unpaired) electrons. The van der Waals surface area contributed by atoms with Crippen LogP contribution in [-0.2, 0) is 9.53 Å². The summed E-state index contributed by atoms with van der Waals surface area (Å²) in [4.78, 5) is 10.8. The third-order valence-corrected chi connectivity index (χ3v) is 1.30. The second-order valence-electron chi connectivity index (χ2n) is 2.02. The molecule has 2 N–H and O–H groups in total. The number of hydrogen-bond acceptors (Lipinski definition) is 4. The minimum atomic E-state index is -0.810. The molecular weight excluding hydrogens is 226 g/mol. The van der Waals surface area contributed by atoms with Crippen LogP contribution >= 0.6 is 17.0 Å². The first kappa shape index (κ1) is 11.2. The smallest absolute Gasteiger partial charge is 0.330 e. The van der Waals surface area contributed by atoms with Gasteiger partial charge in [0.1, 0.15) is 5.76 Å². The summed E-state index contributed by atoms with van der Waals surface area (Å²) >= 11 is 0. The molecule has 1 unspecified atom stereocenters. The van der Waals surface area contributed by atoms with Crippen LogP contribution in [0.5, 0.6) is 0 Å². The molecule has 12 heavy (non-hydrogen) atoms. The topological polar surface area (TPSA) is 65.5 Å². The van der Waals surface area contributed by atoms with Crippen LogP contribution in [0.25, 0.3) is 0 Å². The minimum absolute atomic E-state index is 0. The Hall–Kier alpha value is -0.810. The van der Waals surface area contributed by atoms with Gasteiger partial charge in [-0.3, -0.25) is 0 Å². The highest BCUT2D eigenvalue weighted by Crippen LogP contribution is 2.10. The number of carbonyl (C=O) groups is 1. The van der Waals surface area contributed by atoms with E-state index in [0.29, 0.717) is 5.76 Å². The van der Waals surface area contributed by atoms with Crippen LogP contribution < -0.4 is 5.73 Å². The van der Waals surface area contributed by atoms with Gasteiger partial charge in [0, 0.05) is 0 Å². The molecule has 0 aliphatic rings. The van der Waals surface area contributed by atoms with Crippen molar-refractivity contribution in [2.75, 3.05) is 7.11 Å². The molecule has 1 rings (SSSR count). The van der Waals surface area contributed by atoms with Gasteiger partial charge in [-0.2, -0.15) is 0 Å². The lowest BCUT2D eigenvalue weighted by Gasteiger charge is -2.04. The van der Waals surface area contributed by atoms with Gasteiger partial charge in [0.2, 0.25) is 0 Å². The summed E-state index contributed by atoms with van der Waals surface area (Å²) in [6, 6.07) is 2.48. The van der Waals surface area contributed by atoms with Crippen molar-refractivity contribution in [1.82, 2.24) is 0 Å². The van der Waals surface area contributed by atoms with Crippen molar-refractivity contribution < 1.29 is 13.9 Å². The second kappa shape index (κ2) is 4.95. The van der Waals surface area contributed by atoms with Crippen LogP contribution in [0, 0.1) is 0 Å². The summed E-state index contributed by atoms with van der Waals surface area (Å²) in [5, 5.41) is 0. The van der Waals surface area contributed by atoms with Crippen molar-refractivity contribution in [2.24, 2.45) is 5.73 Å². The summed E-state index contributed by atoms with van der Waals surface area (Å²) in [5.74, 6) is -0.0863. The van der Waals surface area contributed by atoms with E-state index < -0.39 is 12.0 Å². The van der Waals surface area contributed by atoms with Crippen LogP contribution in [0.1, 0.15) is 11.8 Å². The minimum Gasteiger partial charge on any atom is -0.468 e. The Morgan fingerprint density at radius 1 is 1.75 bits per heavy atom. The van der Waals surface area contributed by atoms with Gasteiger partial charge < -0.3 is 14.9 Å².